The van der Waals surface area contributed by atoms with Gasteiger partial charge in [0.2, 0.25) is 0 Å². The number of fused-ring (bicyclic) bond motifs is 1. The number of carbonyl (C=O) groups is 1. The van der Waals surface area contributed by atoms with E-state index >= 15 is 0 Å². The van der Waals surface area contributed by atoms with Crippen LogP contribution in [0.25, 0.3) is 10.8 Å². The number of carbonyl (C=O) groups excluding carboxylic acids is 1. The standard InChI is InChI=1S/C17H20O4/c1-5-19-16-11(3)15(21-12(4)18)13-9-7-8-10-14(13)17(16)20-6-2/h7-10H,5-6H2,1-4H3. The molecule has 0 heterocycles. The molecule has 0 aliphatic rings. The van der Waals surface area contributed by atoms with Crippen LogP contribution in [0.2, 0.25) is 0 Å². The van der Waals surface area contributed by atoms with E-state index in [0.29, 0.717) is 30.5 Å². The summed E-state index contributed by atoms with van der Waals surface area (Å²) >= 11 is 0. The summed E-state index contributed by atoms with van der Waals surface area (Å²) in [7, 11) is 0. The van der Waals surface area contributed by atoms with Crippen molar-refractivity contribution in [2.24, 2.45) is 0 Å². The molecule has 0 amide bonds. The number of esters is 1. The van der Waals surface area contributed by atoms with Crippen molar-refractivity contribution in [3.05, 3.63) is 29.8 Å². The molecule has 0 saturated heterocycles. The van der Waals surface area contributed by atoms with Gasteiger partial charge in [0.25, 0.3) is 0 Å². The van der Waals surface area contributed by atoms with Crippen molar-refractivity contribution in [1.29, 1.82) is 0 Å². The average molecular weight is 288 g/mol. The fourth-order valence-corrected chi connectivity index (χ4v) is 2.36. The van der Waals surface area contributed by atoms with Crippen molar-refractivity contribution < 1.29 is 19.0 Å². The Balaban J connectivity index is 2.80. The maximum Gasteiger partial charge on any atom is 0.308 e. The summed E-state index contributed by atoms with van der Waals surface area (Å²) in [6.45, 7) is 8.16. The zero-order chi connectivity index (χ0) is 15.4. The molecule has 0 radical (unpaired) electrons. The maximum atomic E-state index is 11.4. The van der Waals surface area contributed by atoms with Crippen molar-refractivity contribution in [2.75, 3.05) is 13.2 Å². The number of rotatable bonds is 5. The Hall–Kier alpha value is -2.23. The fraction of sp³-hybridized carbons (Fsp3) is 0.353. The predicted octanol–water partition coefficient (Wildman–Crippen LogP) is 3.87. The molecule has 0 bridgehead atoms. The first-order valence-electron chi connectivity index (χ1n) is 7.09. The van der Waals surface area contributed by atoms with Crippen LogP contribution >= 0.6 is 0 Å². The fourth-order valence-electron chi connectivity index (χ4n) is 2.36. The summed E-state index contributed by atoms with van der Waals surface area (Å²) in [5.41, 5.74) is 0.772. The highest BCUT2D eigenvalue weighted by Crippen LogP contribution is 2.45. The highest BCUT2D eigenvalue weighted by atomic mass is 16.5. The second-order valence-electron chi connectivity index (χ2n) is 4.62. The first-order chi connectivity index (χ1) is 10.1. The van der Waals surface area contributed by atoms with Gasteiger partial charge in [0.1, 0.15) is 5.75 Å². The zero-order valence-corrected chi connectivity index (χ0v) is 12.9. The summed E-state index contributed by atoms with van der Waals surface area (Å²) in [5, 5.41) is 1.72. The third-order valence-corrected chi connectivity index (χ3v) is 3.13. The number of hydrogen-bond acceptors (Lipinski definition) is 4. The molecule has 0 aromatic heterocycles. The monoisotopic (exact) mass is 288 g/mol. The first kappa shape index (κ1) is 15.2. The van der Waals surface area contributed by atoms with E-state index in [1.165, 1.54) is 6.92 Å². The van der Waals surface area contributed by atoms with Crippen LogP contribution in [-0.2, 0) is 4.79 Å². The molecule has 0 saturated carbocycles. The minimum atomic E-state index is -0.352. The molecule has 0 fully saturated rings. The van der Waals surface area contributed by atoms with Gasteiger partial charge < -0.3 is 14.2 Å². The predicted molar refractivity (Wildman–Crippen MR) is 82.3 cm³/mol. The molecule has 2 aromatic carbocycles. The molecule has 4 nitrogen and oxygen atoms in total. The molecule has 21 heavy (non-hydrogen) atoms. The van der Waals surface area contributed by atoms with Crippen molar-refractivity contribution in [3.8, 4) is 17.2 Å². The number of ether oxygens (including phenoxy) is 3. The molecule has 0 N–H and O–H groups in total. The molecule has 0 spiro atoms. The van der Waals surface area contributed by atoms with Crippen molar-refractivity contribution >= 4 is 16.7 Å². The molecule has 112 valence electrons. The Kier molecular flexibility index (Phi) is 4.68. The van der Waals surface area contributed by atoms with Gasteiger partial charge in [0.05, 0.1) is 13.2 Å². The van der Waals surface area contributed by atoms with Gasteiger partial charge in [0.15, 0.2) is 11.5 Å². The van der Waals surface area contributed by atoms with Gasteiger partial charge in [-0.05, 0) is 20.8 Å². The van der Waals surface area contributed by atoms with E-state index in [0.717, 1.165) is 16.3 Å². The van der Waals surface area contributed by atoms with Crippen molar-refractivity contribution in [3.63, 3.8) is 0 Å². The van der Waals surface area contributed by atoms with Crippen LogP contribution < -0.4 is 14.2 Å². The lowest BCUT2D eigenvalue weighted by atomic mass is 10.0. The Labute approximate surface area is 124 Å². The van der Waals surface area contributed by atoms with Gasteiger partial charge in [0, 0.05) is 23.3 Å². The molecular weight excluding hydrogens is 268 g/mol. The lowest BCUT2D eigenvalue weighted by Crippen LogP contribution is -2.07. The molecule has 4 heteroatoms. The number of benzene rings is 2. The third-order valence-electron chi connectivity index (χ3n) is 3.13. The number of hydrogen-bond donors (Lipinski definition) is 0. The van der Waals surface area contributed by atoms with E-state index in [-0.39, 0.29) is 5.97 Å². The zero-order valence-electron chi connectivity index (χ0n) is 12.9. The van der Waals surface area contributed by atoms with Crippen LogP contribution in [0.15, 0.2) is 24.3 Å². The summed E-state index contributed by atoms with van der Waals surface area (Å²) in [6, 6.07) is 7.69. The van der Waals surface area contributed by atoms with E-state index in [4.69, 9.17) is 14.2 Å². The van der Waals surface area contributed by atoms with E-state index in [9.17, 15) is 4.79 Å². The Morgan fingerprint density at radius 3 is 2.00 bits per heavy atom. The van der Waals surface area contributed by atoms with Gasteiger partial charge in [-0.3, -0.25) is 4.79 Å². The molecule has 2 aromatic rings. The Bertz CT molecular complexity index is 661. The summed E-state index contributed by atoms with van der Waals surface area (Å²) in [6.07, 6.45) is 0. The van der Waals surface area contributed by atoms with Crippen LogP contribution in [0.4, 0.5) is 0 Å². The Morgan fingerprint density at radius 2 is 1.48 bits per heavy atom. The van der Waals surface area contributed by atoms with Gasteiger partial charge >= 0.3 is 5.97 Å². The highest BCUT2D eigenvalue weighted by molar-refractivity contribution is 5.98. The summed E-state index contributed by atoms with van der Waals surface area (Å²) < 4.78 is 16.9. The average Bonchev–Trinajstić information content (AvgIpc) is 2.47. The van der Waals surface area contributed by atoms with E-state index in [1.807, 2.05) is 45.0 Å². The van der Waals surface area contributed by atoms with Crippen molar-refractivity contribution in [1.82, 2.24) is 0 Å². The first-order valence-corrected chi connectivity index (χ1v) is 7.09. The highest BCUT2D eigenvalue weighted by Gasteiger charge is 2.20. The topological polar surface area (TPSA) is 44.8 Å². The maximum absolute atomic E-state index is 11.4. The van der Waals surface area contributed by atoms with Crippen LogP contribution in [0.1, 0.15) is 26.3 Å². The van der Waals surface area contributed by atoms with Gasteiger partial charge in [-0.1, -0.05) is 24.3 Å². The van der Waals surface area contributed by atoms with Crippen molar-refractivity contribution in [2.45, 2.75) is 27.7 Å². The van der Waals surface area contributed by atoms with Crippen LogP contribution in [-0.4, -0.2) is 19.2 Å². The second-order valence-corrected chi connectivity index (χ2v) is 4.62. The van der Waals surface area contributed by atoms with Gasteiger partial charge in [-0.15, -0.1) is 0 Å². The smallest absolute Gasteiger partial charge is 0.308 e. The summed E-state index contributed by atoms with van der Waals surface area (Å²) in [5.74, 6) is 1.51. The molecule has 2 rings (SSSR count). The van der Waals surface area contributed by atoms with E-state index in [2.05, 4.69) is 0 Å². The minimum Gasteiger partial charge on any atom is -0.490 e. The van der Waals surface area contributed by atoms with Crippen LogP contribution in [0.5, 0.6) is 17.2 Å². The Morgan fingerprint density at radius 1 is 0.952 bits per heavy atom. The second kappa shape index (κ2) is 6.48. The largest absolute Gasteiger partial charge is 0.490 e. The SMILES string of the molecule is CCOc1c(C)c(OC(C)=O)c2ccccc2c1OCC. The third kappa shape index (κ3) is 2.94. The van der Waals surface area contributed by atoms with E-state index in [1.54, 1.807) is 0 Å². The lowest BCUT2D eigenvalue weighted by molar-refractivity contribution is -0.131. The quantitative estimate of drug-likeness (QED) is 0.619. The minimum absolute atomic E-state index is 0.352. The van der Waals surface area contributed by atoms with Gasteiger partial charge in [-0.2, -0.15) is 0 Å². The lowest BCUT2D eigenvalue weighted by Gasteiger charge is -2.19. The molecule has 0 aliphatic carbocycles. The normalized spacial score (nSPS) is 10.5. The molecule has 0 aliphatic heterocycles. The van der Waals surface area contributed by atoms with Gasteiger partial charge in [-0.25, -0.2) is 0 Å². The molecule has 0 atom stereocenters. The van der Waals surface area contributed by atoms with Crippen LogP contribution in [0.3, 0.4) is 0 Å². The molecular formula is C17H20O4. The molecule has 0 unspecified atom stereocenters. The van der Waals surface area contributed by atoms with E-state index < -0.39 is 0 Å². The summed E-state index contributed by atoms with van der Waals surface area (Å²) in [4.78, 5) is 11.4. The van der Waals surface area contributed by atoms with Crippen LogP contribution in [0, 0.1) is 6.92 Å².